The molecule has 16 heavy (non-hydrogen) atoms. The molecule has 0 aromatic heterocycles. The van der Waals surface area contributed by atoms with Crippen LogP contribution in [0.15, 0.2) is 24.3 Å². The highest BCUT2D eigenvalue weighted by molar-refractivity contribution is 5.84. The zero-order valence-electron chi connectivity index (χ0n) is 9.69. The summed E-state index contributed by atoms with van der Waals surface area (Å²) in [5, 5.41) is 0. The summed E-state index contributed by atoms with van der Waals surface area (Å²) in [6.45, 7) is 4.02. The third-order valence-electron chi connectivity index (χ3n) is 2.73. The van der Waals surface area contributed by atoms with Gasteiger partial charge in [0, 0.05) is 0 Å². The Morgan fingerprint density at radius 3 is 2.81 bits per heavy atom. The molecule has 2 heteroatoms. The second-order valence-corrected chi connectivity index (χ2v) is 4.31. The number of carbonyl (C=O) groups excluding carboxylic acids is 1. The van der Waals surface area contributed by atoms with Gasteiger partial charge in [-0.25, -0.2) is 0 Å². The largest absolute Gasteiger partial charge is 0.491 e. The van der Waals surface area contributed by atoms with Crippen molar-refractivity contribution in [2.45, 2.75) is 32.8 Å². The van der Waals surface area contributed by atoms with Crippen molar-refractivity contribution >= 4 is 11.9 Å². The fourth-order valence-electron chi connectivity index (χ4n) is 2.08. The maximum Gasteiger partial charge on any atom is 0.143 e. The lowest BCUT2D eigenvalue weighted by Crippen LogP contribution is -2.05. The SMILES string of the molecule is CC(C)Oc1ccc2c(c1)/C(=C/C=O)CC2. The number of aldehydes is 1. The summed E-state index contributed by atoms with van der Waals surface area (Å²) in [4.78, 5) is 10.5. The van der Waals surface area contributed by atoms with Crippen LogP contribution in [0.2, 0.25) is 0 Å². The van der Waals surface area contributed by atoms with Crippen LogP contribution in [0.5, 0.6) is 5.75 Å². The van der Waals surface area contributed by atoms with Crippen LogP contribution in [0.3, 0.4) is 0 Å². The highest BCUT2D eigenvalue weighted by Gasteiger charge is 2.16. The van der Waals surface area contributed by atoms with E-state index in [-0.39, 0.29) is 6.10 Å². The van der Waals surface area contributed by atoms with Crippen molar-refractivity contribution in [3.05, 3.63) is 35.4 Å². The summed E-state index contributed by atoms with van der Waals surface area (Å²) in [7, 11) is 0. The molecule has 0 radical (unpaired) electrons. The average molecular weight is 216 g/mol. The number of fused-ring (bicyclic) bond motifs is 1. The van der Waals surface area contributed by atoms with Gasteiger partial charge in [0.2, 0.25) is 0 Å². The predicted octanol–water partition coefficient (Wildman–Crippen LogP) is 3.00. The van der Waals surface area contributed by atoms with E-state index in [2.05, 4.69) is 6.07 Å². The molecule has 84 valence electrons. The van der Waals surface area contributed by atoms with Gasteiger partial charge in [-0.3, -0.25) is 4.79 Å². The van der Waals surface area contributed by atoms with E-state index in [1.165, 1.54) is 11.1 Å². The summed E-state index contributed by atoms with van der Waals surface area (Å²) in [6, 6.07) is 6.14. The third-order valence-corrected chi connectivity index (χ3v) is 2.73. The van der Waals surface area contributed by atoms with Crippen LogP contribution in [-0.2, 0) is 11.2 Å². The van der Waals surface area contributed by atoms with E-state index in [9.17, 15) is 4.79 Å². The van der Waals surface area contributed by atoms with E-state index in [1.54, 1.807) is 6.08 Å². The molecule has 0 amide bonds. The van der Waals surface area contributed by atoms with E-state index in [0.29, 0.717) is 0 Å². The first-order valence-corrected chi connectivity index (χ1v) is 5.65. The quantitative estimate of drug-likeness (QED) is 0.573. The molecule has 0 fully saturated rings. The van der Waals surface area contributed by atoms with E-state index >= 15 is 0 Å². The maximum absolute atomic E-state index is 10.5. The van der Waals surface area contributed by atoms with Gasteiger partial charge in [0.1, 0.15) is 12.0 Å². The summed E-state index contributed by atoms with van der Waals surface area (Å²) in [5.74, 6) is 0.882. The minimum atomic E-state index is 0.179. The molecule has 0 spiro atoms. The summed E-state index contributed by atoms with van der Waals surface area (Å²) in [6.07, 6.45) is 4.68. The van der Waals surface area contributed by atoms with Gasteiger partial charge in [-0.05, 0) is 61.6 Å². The lowest BCUT2D eigenvalue weighted by atomic mass is 10.1. The van der Waals surface area contributed by atoms with Crippen molar-refractivity contribution in [2.75, 3.05) is 0 Å². The number of benzene rings is 1. The molecule has 0 saturated heterocycles. The summed E-state index contributed by atoms with van der Waals surface area (Å²) in [5.41, 5.74) is 3.61. The Bertz CT molecular complexity index is 430. The first kappa shape index (κ1) is 10.9. The molecule has 0 N–H and O–H groups in total. The van der Waals surface area contributed by atoms with Gasteiger partial charge in [-0.2, -0.15) is 0 Å². The summed E-state index contributed by atoms with van der Waals surface area (Å²) >= 11 is 0. The lowest BCUT2D eigenvalue weighted by molar-refractivity contribution is -0.104. The number of carbonyl (C=O) groups is 1. The topological polar surface area (TPSA) is 26.3 Å². The second-order valence-electron chi connectivity index (χ2n) is 4.31. The van der Waals surface area contributed by atoms with Crippen LogP contribution >= 0.6 is 0 Å². The molecule has 1 aliphatic carbocycles. The number of ether oxygens (including phenoxy) is 1. The highest BCUT2D eigenvalue weighted by atomic mass is 16.5. The third kappa shape index (κ3) is 2.16. The Kier molecular flexibility index (Phi) is 3.09. The molecule has 1 aliphatic rings. The normalized spacial score (nSPS) is 16.6. The smallest absolute Gasteiger partial charge is 0.143 e. The van der Waals surface area contributed by atoms with Crippen LogP contribution < -0.4 is 4.74 Å². The fraction of sp³-hybridized carbons (Fsp3) is 0.357. The zero-order chi connectivity index (χ0) is 11.5. The Morgan fingerprint density at radius 2 is 2.12 bits per heavy atom. The van der Waals surface area contributed by atoms with Gasteiger partial charge < -0.3 is 4.74 Å². The van der Waals surface area contributed by atoms with Gasteiger partial charge in [-0.15, -0.1) is 0 Å². The number of hydrogen-bond acceptors (Lipinski definition) is 2. The molecule has 0 atom stereocenters. The van der Waals surface area contributed by atoms with Gasteiger partial charge in [0.25, 0.3) is 0 Å². The Labute approximate surface area is 95.9 Å². The molecule has 2 nitrogen and oxygen atoms in total. The molecule has 1 aromatic carbocycles. The molecular formula is C14H16O2. The molecule has 0 aliphatic heterocycles. The minimum Gasteiger partial charge on any atom is -0.491 e. The molecule has 1 aromatic rings. The Hall–Kier alpha value is -1.57. The fourth-order valence-corrected chi connectivity index (χ4v) is 2.08. The molecule has 0 saturated carbocycles. The average Bonchev–Trinajstić information content (AvgIpc) is 2.61. The minimum absolute atomic E-state index is 0.179. The van der Waals surface area contributed by atoms with Crippen molar-refractivity contribution in [3.8, 4) is 5.75 Å². The van der Waals surface area contributed by atoms with Crippen molar-refractivity contribution in [3.63, 3.8) is 0 Å². The monoisotopic (exact) mass is 216 g/mol. The Balaban J connectivity index is 2.33. The highest BCUT2D eigenvalue weighted by Crippen LogP contribution is 2.34. The standard InChI is InChI=1S/C14H16O2/c1-10(2)16-13-6-5-11-3-4-12(7-8-15)14(11)9-13/h5-10H,3-4H2,1-2H3/b12-7+. The Morgan fingerprint density at radius 1 is 1.31 bits per heavy atom. The van der Waals surface area contributed by atoms with Gasteiger partial charge in [0.15, 0.2) is 0 Å². The lowest BCUT2D eigenvalue weighted by Gasteiger charge is -2.11. The van der Waals surface area contributed by atoms with Crippen LogP contribution in [-0.4, -0.2) is 12.4 Å². The number of aryl methyl sites for hydroxylation is 1. The van der Waals surface area contributed by atoms with Crippen LogP contribution in [0.25, 0.3) is 5.57 Å². The number of hydrogen-bond donors (Lipinski definition) is 0. The maximum atomic E-state index is 10.5. The second kappa shape index (κ2) is 4.52. The number of allylic oxidation sites excluding steroid dienone is 2. The summed E-state index contributed by atoms with van der Waals surface area (Å²) < 4.78 is 5.65. The molecular weight excluding hydrogens is 200 g/mol. The van der Waals surface area contributed by atoms with Crippen molar-refractivity contribution in [1.82, 2.24) is 0 Å². The van der Waals surface area contributed by atoms with Gasteiger partial charge >= 0.3 is 0 Å². The van der Waals surface area contributed by atoms with Crippen LogP contribution in [0, 0.1) is 0 Å². The van der Waals surface area contributed by atoms with Crippen molar-refractivity contribution in [1.29, 1.82) is 0 Å². The van der Waals surface area contributed by atoms with Gasteiger partial charge in [0.05, 0.1) is 6.10 Å². The zero-order valence-corrected chi connectivity index (χ0v) is 9.69. The molecule has 2 rings (SSSR count). The first-order chi connectivity index (χ1) is 7.70. The van der Waals surface area contributed by atoms with E-state index in [0.717, 1.165) is 30.5 Å². The van der Waals surface area contributed by atoms with E-state index < -0.39 is 0 Å². The molecule has 0 heterocycles. The van der Waals surface area contributed by atoms with Crippen molar-refractivity contribution in [2.24, 2.45) is 0 Å². The van der Waals surface area contributed by atoms with Gasteiger partial charge in [-0.1, -0.05) is 6.07 Å². The van der Waals surface area contributed by atoms with Crippen molar-refractivity contribution < 1.29 is 9.53 Å². The number of rotatable bonds is 3. The van der Waals surface area contributed by atoms with E-state index in [1.807, 2.05) is 26.0 Å². The van der Waals surface area contributed by atoms with E-state index in [4.69, 9.17) is 4.74 Å². The van der Waals surface area contributed by atoms with Crippen LogP contribution in [0.4, 0.5) is 0 Å². The molecule has 0 bridgehead atoms. The van der Waals surface area contributed by atoms with Crippen LogP contribution in [0.1, 0.15) is 31.4 Å². The first-order valence-electron chi connectivity index (χ1n) is 5.65. The predicted molar refractivity (Wildman–Crippen MR) is 64.6 cm³/mol. The molecule has 0 unspecified atom stereocenters.